The summed E-state index contributed by atoms with van der Waals surface area (Å²) in [6, 6.07) is 7.06. The molecule has 2 aliphatic carbocycles. The number of aliphatic hydroxyl groups is 1. The van der Waals surface area contributed by atoms with E-state index in [2.05, 4.69) is 17.9 Å². The summed E-state index contributed by atoms with van der Waals surface area (Å²) < 4.78 is 5.33. The quantitative estimate of drug-likeness (QED) is 0.923. The summed E-state index contributed by atoms with van der Waals surface area (Å²) in [5.74, 6) is 0.845. The van der Waals surface area contributed by atoms with Gasteiger partial charge >= 0.3 is 0 Å². The van der Waals surface area contributed by atoms with Crippen LogP contribution in [0.3, 0.4) is 0 Å². The molecule has 1 saturated carbocycles. The first-order valence-electron chi connectivity index (χ1n) is 8.35. The first-order chi connectivity index (χ1) is 10.2. The minimum atomic E-state index is -0.385. The third kappa shape index (κ3) is 2.82. The fourth-order valence-electron chi connectivity index (χ4n) is 4.22. The summed E-state index contributed by atoms with van der Waals surface area (Å²) in [4.78, 5) is 2.56. The Bertz CT molecular complexity index is 482. The van der Waals surface area contributed by atoms with E-state index in [0.717, 1.165) is 30.7 Å². The van der Waals surface area contributed by atoms with Crippen molar-refractivity contribution in [2.75, 3.05) is 13.7 Å². The van der Waals surface area contributed by atoms with Gasteiger partial charge in [-0.25, -0.2) is 0 Å². The van der Waals surface area contributed by atoms with Gasteiger partial charge in [0, 0.05) is 12.1 Å². The van der Waals surface area contributed by atoms with E-state index in [0.29, 0.717) is 6.04 Å². The van der Waals surface area contributed by atoms with Crippen LogP contribution < -0.4 is 4.74 Å². The fourth-order valence-corrected chi connectivity index (χ4v) is 4.22. The lowest BCUT2D eigenvalue weighted by Gasteiger charge is -2.41. The normalized spacial score (nSPS) is 26.1. The molecule has 0 bridgehead atoms. The van der Waals surface area contributed by atoms with Gasteiger partial charge in [0.25, 0.3) is 0 Å². The van der Waals surface area contributed by atoms with Crippen LogP contribution in [0.4, 0.5) is 0 Å². The highest BCUT2D eigenvalue weighted by Crippen LogP contribution is 2.37. The predicted molar refractivity (Wildman–Crippen MR) is 84.7 cm³/mol. The predicted octanol–water partition coefficient (Wildman–Crippen LogP) is 3.31. The first-order valence-corrected chi connectivity index (χ1v) is 8.35. The summed E-state index contributed by atoms with van der Waals surface area (Å²) in [5, 5.41) is 10.9. The molecule has 3 rings (SSSR count). The van der Waals surface area contributed by atoms with Crippen LogP contribution in [-0.2, 0) is 6.42 Å². The highest BCUT2D eigenvalue weighted by Gasteiger charge is 2.35. The van der Waals surface area contributed by atoms with Crippen LogP contribution in [0.2, 0.25) is 0 Å². The van der Waals surface area contributed by atoms with Gasteiger partial charge in [0.2, 0.25) is 0 Å². The fraction of sp³-hybridized carbons (Fsp3) is 0.667. The van der Waals surface area contributed by atoms with Gasteiger partial charge in [-0.1, -0.05) is 25.8 Å². The van der Waals surface area contributed by atoms with E-state index in [1.54, 1.807) is 7.11 Å². The van der Waals surface area contributed by atoms with Gasteiger partial charge in [0.15, 0.2) is 0 Å². The monoisotopic (exact) mass is 289 g/mol. The zero-order valence-corrected chi connectivity index (χ0v) is 13.2. The van der Waals surface area contributed by atoms with Crippen LogP contribution in [0.25, 0.3) is 0 Å². The zero-order valence-electron chi connectivity index (χ0n) is 13.2. The lowest BCUT2D eigenvalue weighted by atomic mass is 9.84. The molecule has 21 heavy (non-hydrogen) atoms. The molecule has 0 heterocycles. The molecule has 2 atom stereocenters. The first kappa shape index (κ1) is 14.9. The molecule has 1 aromatic rings. The van der Waals surface area contributed by atoms with Crippen molar-refractivity contribution in [1.29, 1.82) is 0 Å². The number of ether oxygens (including phenoxy) is 1. The Morgan fingerprint density at radius 3 is 2.67 bits per heavy atom. The third-order valence-electron chi connectivity index (χ3n) is 5.33. The number of methoxy groups -OCH3 is 1. The highest BCUT2D eigenvalue weighted by molar-refractivity contribution is 5.39. The van der Waals surface area contributed by atoms with Gasteiger partial charge in [-0.3, -0.25) is 4.90 Å². The number of likely N-dealkylation sites (N-methyl/N-ethyl adjacent to an activating group) is 1. The number of aliphatic hydroxyl groups excluding tert-OH is 1. The Morgan fingerprint density at radius 2 is 2.00 bits per heavy atom. The number of hydrogen-bond donors (Lipinski definition) is 1. The van der Waals surface area contributed by atoms with Crippen molar-refractivity contribution in [3.63, 3.8) is 0 Å². The number of hydrogen-bond acceptors (Lipinski definition) is 3. The second kappa shape index (κ2) is 6.37. The van der Waals surface area contributed by atoms with Gasteiger partial charge < -0.3 is 9.84 Å². The van der Waals surface area contributed by atoms with Crippen LogP contribution in [-0.4, -0.2) is 35.7 Å². The standard InChI is InChI=1S/C18H27NO2/c1-3-19(14-6-4-5-7-14)17-11-9-13-8-10-15(21-2)12-16(13)18(17)20/h8,10,12,14,17-18,20H,3-7,9,11H2,1-2H3. The minimum Gasteiger partial charge on any atom is -0.497 e. The van der Waals surface area contributed by atoms with E-state index in [9.17, 15) is 5.11 Å². The molecule has 1 N–H and O–H groups in total. The van der Waals surface area contributed by atoms with Crippen LogP contribution in [0.5, 0.6) is 5.75 Å². The summed E-state index contributed by atoms with van der Waals surface area (Å²) >= 11 is 0. The van der Waals surface area contributed by atoms with E-state index < -0.39 is 0 Å². The van der Waals surface area contributed by atoms with E-state index >= 15 is 0 Å². The SMILES string of the molecule is CCN(C1CCCC1)C1CCc2ccc(OC)cc2C1O. The maximum Gasteiger partial charge on any atom is 0.119 e. The van der Waals surface area contributed by atoms with Crippen molar-refractivity contribution in [2.45, 2.75) is 63.6 Å². The minimum absolute atomic E-state index is 0.262. The van der Waals surface area contributed by atoms with Crippen molar-refractivity contribution in [3.05, 3.63) is 29.3 Å². The third-order valence-corrected chi connectivity index (χ3v) is 5.33. The molecule has 0 aromatic heterocycles. The molecule has 0 radical (unpaired) electrons. The molecular weight excluding hydrogens is 262 g/mol. The average molecular weight is 289 g/mol. The molecule has 0 amide bonds. The van der Waals surface area contributed by atoms with Crippen molar-refractivity contribution < 1.29 is 9.84 Å². The van der Waals surface area contributed by atoms with Crippen molar-refractivity contribution in [2.24, 2.45) is 0 Å². The van der Waals surface area contributed by atoms with Crippen LogP contribution in [0.1, 0.15) is 56.3 Å². The number of benzene rings is 1. The van der Waals surface area contributed by atoms with Crippen LogP contribution in [0.15, 0.2) is 18.2 Å². The lowest BCUT2D eigenvalue weighted by molar-refractivity contribution is 0.0158. The number of nitrogens with zero attached hydrogens (tertiary/aromatic N) is 1. The van der Waals surface area contributed by atoms with E-state index in [1.807, 2.05) is 12.1 Å². The van der Waals surface area contributed by atoms with Crippen LogP contribution >= 0.6 is 0 Å². The Hall–Kier alpha value is -1.06. The largest absolute Gasteiger partial charge is 0.497 e. The van der Waals surface area contributed by atoms with Crippen LogP contribution in [0, 0.1) is 0 Å². The molecule has 1 aromatic carbocycles. The summed E-state index contributed by atoms with van der Waals surface area (Å²) in [7, 11) is 1.69. The van der Waals surface area contributed by atoms with Crippen molar-refractivity contribution in [3.8, 4) is 5.75 Å². The Balaban J connectivity index is 1.84. The zero-order chi connectivity index (χ0) is 14.8. The molecule has 0 spiro atoms. The smallest absolute Gasteiger partial charge is 0.119 e. The molecular formula is C18H27NO2. The Kier molecular flexibility index (Phi) is 4.51. The van der Waals surface area contributed by atoms with Gasteiger partial charge in [-0.15, -0.1) is 0 Å². The molecule has 2 aliphatic rings. The van der Waals surface area contributed by atoms with E-state index in [-0.39, 0.29) is 12.1 Å². The maximum absolute atomic E-state index is 10.9. The lowest BCUT2D eigenvalue weighted by Crippen LogP contribution is -2.47. The van der Waals surface area contributed by atoms with Gasteiger partial charge in [-0.05, 0) is 55.5 Å². The van der Waals surface area contributed by atoms with E-state index in [4.69, 9.17) is 4.74 Å². The summed E-state index contributed by atoms with van der Waals surface area (Å²) in [5.41, 5.74) is 2.35. The second-order valence-corrected chi connectivity index (χ2v) is 6.38. The summed E-state index contributed by atoms with van der Waals surface area (Å²) in [6.07, 6.45) is 7.01. The molecule has 2 unspecified atom stereocenters. The molecule has 0 aliphatic heterocycles. The maximum atomic E-state index is 10.9. The van der Waals surface area contributed by atoms with Gasteiger partial charge in [0.1, 0.15) is 5.75 Å². The molecule has 0 saturated heterocycles. The number of fused-ring (bicyclic) bond motifs is 1. The Morgan fingerprint density at radius 1 is 1.24 bits per heavy atom. The average Bonchev–Trinajstić information content (AvgIpc) is 3.04. The molecule has 3 heteroatoms. The molecule has 3 nitrogen and oxygen atoms in total. The topological polar surface area (TPSA) is 32.7 Å². The summed E-state index contributed by atoms with van der Waals surface area (Å²) in [6.45, 7) is 3.26. The second-order valence-electron chi connectivity index (χ2n) is 6.38. The van der Waals surface area contributed by atoms with Crippen molar-refractivity contribution in [1.82, 2.24) is 4.90 Å². The van der Waals surface area contributed by atoms with Crippen molar-refractivity contribution >= 4 is 0 Å². The van der Waals surface area contributed by atoms with Gasteiger partial charge in [-0.2, -0.15) is 0 Å². The van der Waals surface area contributed by atoms with E-state index in [1.165, 1.54) is 31.2 Å². The van der Waals surface area contributed by atoms with Gasteiger partial charge in [0.05, 0.1) is 13.2 Å². The molecule has 1 fully saturated rings. The highest BCUT2D eigenvalue weighted by atomic mass is 16.5. The number of aryl methyl sites for hydroxylation is 1. The molecule has 116 valence electrons. The number of rotatable bonds is 4. The Labute approximate surface area is 127 Å².